The second-order valence-corrected chi connectivity index (χ2v) is 5.31. The van der Waals surface area contributed by atoms with Crippen LogP contribution in [0.25, 0.3) is 22.2 Å². The molecule has 0 fully saturated rings. The third kappa shape index (κ3) is 2.32. The lowest BCUT2D eigenvalue weighted by Crippen LogP contribution is -2.14. The number of carbonyl (C=O) groups is 1. The summed E-state index contributed by atoms with van der Waals surface area (Å²) in [6, 6.07) is 27.0. The summed E-state index contributed by atoms with van der Waals surface area (Å²) in [5.74, 6) is -0.124. The van der Waals surface area contributed by atoms with Crippen LogP contribution in [0.1, 0.15) is 10.4 Å². The molecule has 0 N–H and O–H groups in total. The number of carbonyl (C=O) groups excluding carboxylic acids is 1. The SMILES string of the molecule is O=C(c1ccccc1)n1nc2ccccc2c1-c1ccccc1. The van der Waals surface area contributed by atoms with Crippen molar-refractivity contribution in [2.75, 3.05) is 0 Å². The van der Waals surface area contributed by atoms with E-state index in [4.69, 9.17) is 0 Å². The summed E-state index contributed by atoms with van der Waals surface area (Å²) in [7, 11) is 0. The van der Waals surface area contributed by atoms with Crippen LogP contribution in [0.15, 0.2) is 84.9 Å². The van der Waals surface area contributed by atoms with E-state index in [0.717, 1.165) is 22.2 Å². The van der Waals surface area contributed by atoms with E-state index in [-0.39, 0.29) is 5.91 Å². The first-order valence-corrected chi connectivity index (χ1v) is 7.47. The van der Waals surface area contributed by atoms with E-state index in [1.54, 1.807) is 0 Å². The molecule has 4 rings (SSSR count). The van der Waals surface area contributed by atoms with Crippen molar-refractivity contribution in [3.05, 3.63) is 90.5 Å². The van der Waals surface area contributed by atoms with Crippen molar-refractivity contribution in [1.29, 1.82) is 0 Å². The van der Waals surface area contributed by atoms with Crippen molar-refractivity contribution >= 4 is 16.8 Å². The number of fused-ring (bicyclic) bond motifs is 1. The topological polar surface area (TPSA) is 34.9 Å². The van der Waals surface area contributed by atoms with Crippen LogP contribution in [-0.4, -0.2) is 15.7 Å². The highest BCUT2D eigenvalue weighted by atomic mass is 16.2. The molecular weight excluding hydrogens is 284 g/mol. The maximum Gasteiger partial charge on any atom is 0.278 e. The molecule has 0 saturated heterocycles. The van der Waals surface area contributed by atoms with Gasteiger partial charge in [-0.2, -0.15) is 9.78 Å². The first-order valence-electron chi connectivity index (χ1n) is 7.47. The largest absolute Gasteiger partial charge is 0.278 e. The maximum absolute atomic E-state index is 12.9. The molecule has 0 bridgehead atoms. The quantitative estimate of drug-likeness (QED) is 0.550. The van der Waals surface area contributed by atoms with Gasteiger partial charge < -0.3 is 0 Å². The van der Waals surface area contributed by atoms with Crippen LogP contribution in [0.5, 0.6) is 0 Å². The summed E-state index contributed by atoms with van der Waals surface area (Å²) in [4.78, 5) is 12.9. The van der Waals surface area contributed by atoms with Crippen LogP contribution in [-0.2, 0) is 0 Å². The van der Waals surface area contributed by atoms with Gasteiger partial charge in [0.15, 0.2) is 0 Å². The van der Waals surface area contributed by atoms with Gasteiger partial charge in [0.05, 0.1) is 11.2 Å². The summed E-state index contributed by atoms with van der Waals surface area (Å²) < 4.78 is 1.51. The lowest BCUT2D eigenvalue weighted by molar-refractivity contribution is 0.0948. The molecule has 3 nitrogen and oxygen atoms in total. The third-order valence-electron chi connectivity index (χ3n) is 3.84. The molecule has 0 spiro atoms. The molecule has 0 radical (unpaired) electrons. The molecule has 0 amide bonds. The molecular formula is C20H14N2O. The Morgan fingerprint density at radius 2 is 1.35 bits per heavy atom. The zero-order chi connectivity index (χ0) is 15.6. The van der Waals surface area contributed by atoms with Crippen LogP contribution in [0, 0.1) is 0 Å². The molecule has 110 valence electrons. The minimum absolute atomic E-state index is 0.124. The fourth-order valence-corrected chi connectivity index (χ4v) is 2.76. The van der Waals surface area contributed by atoms with Gasteiger partial charge in [0.2, 0.25) is 0 Å². The van der Waals surface area contributed by atoms with Crippen molar-refractivity contribution in [2.24, 2.45) is 0 Å². The van der Waals surface area contributed by atoms with Gasteiger partial charge in [-0.1, -0.05) is 66.7 Å². The van der Waals surface area contributed by atoms with Gasteiger partial charge in [-0.05, 0) is 18.2 Å². The van der Waals surface area contributed by atoms with Gasteiger partial charge in [-0.25, -0.2) is 0 Å². The van der Waals surface area contributed by atoms with E-state index >= 15 is 0 Å². The standard InChI is InChI=1S/C20H14N2O/c23-20(16-11-5-2-6-12-16)22-19(15-9-3-1-4-10-15)17-13-7-8-14-18(17)21-22/h1-14H. The first kappa shape index (κ1) is 13.5. The molecule has 0 aliphatic heterocycles. The van der Waals surface area contributed by atoms with Crippen LogP contribution in [0.4, 0.5) is 0 Å². The Bertz CT molecular complexity index is 972. The summed E-state index contributed by atoms with van der Waals surface area (Å²) in [5.41, 5.74) is 3.24. The van der Waals surface area contributed by atoms with Crippen molar-refractivity contribution in [3.63, 3.8) is 0 Å². The molecule has 0 saturated carbocycles. The summed E-state index contributed by atoms with van der Waals surface area (Å²) in [6.07, 6.45) is 0. The van der Waals surface area contributed by atoms with Crippen molar-refractivity contribution < 1.29 is 4.79 Å². The predicted molar refractivity (Wildman–Crippen MR) is 91.3 cm³/mol. The second-order valence-electron chi connectivity index (χ2n) is 5.31. The zero-order valence-corrected chi connectivity index (χ0v) is 12.4. The Balaban J connectivity index is 1.98. The monoisotopic (exact) mass is 298 g/mol. The van der Waals surface area contributed by atoms with E-state index < -0.39 is 0 Å². The highest BCUT2D eigenvalue weighted by molar-refractivity contribution is 6.04. The average Bonchev–Trinajstić information content (AvgIpc) is 3.02. The third-order valence-corrected chi connectivity index (χ3v) is 3.84. The van der Waals surface area contributed by atoms with Gasteiger partial charge in [0.1, 0.15) is 0 Å². The smallest absolute Gasteiger partial charge is 0.267 e. The van der Waals surface area contributed by atoms with Crippen molar-refractivity contribution in [3.8, 4) is 11.3 Å². The Hall–Kier alpha value is -3.20. The number of benzene rings is 3. The lowest BCUT2D eigenvalue weighted by atomic mass is 10.1. The summed E-state index contributed by atoms with van der Waals surface area (Å²) in [6.45, 7) is 0. The van der Waals surface area contributed by atoms with E-state index in [0.29, 0.717) is 5.56 Å². The van der Waals surface area contributed by atoms with E-state index in [1.165, 1.54) is 4.68 Å². The van der Waals surface area contributed by atoms with Gasteiger partial charge in [0.25, 0.3) is 5.91 Å². The Morgan fingerprint density at radius 1 is 0.739 bits per heavy atom. The second kappa shape index (κ2) is 5.54. The Labute approximate surface area is 133 Å². The minimum atomic E-state index is -0.124. The number of hydrogen-bond acceptors (Lipinski definition) is 2. The highest BCUT2D eigenvalue weighted by Gasteiger charge is 2.18. The van der Waals surface area contributed by atoms with Gasteiger partial charge in [-0.3, -0.25) is 4.79 Å². The molecule has 1 aromatic heterocycles. The maximum atomic E-state index is 12.9. The average molecular weight is 298 g/mol. The highest BCUT2D eigenvalue weighted by Crippen LogP contribution is 2.29. The molecule has 3 heteroatoms. The molecule has 4 aromatic rings. The van der Waals surface area contributed by atoms with E-state index in [9.17, 15) is 4.79 Å². The molecule has 3 aromatic carbocycles. The summed E-state index contributed by atoms with van der Waals surface area (Å²) >= 11 is 0. The number of hydrogen-bond donors (Lipinski definition) is 0. The zero-order valence-electron chi connectivity index (χ0n) is 12.4. The minimum Gasteiger partial charge on any atom is -0.267 e. The van der Waals surface area contributed by atoms with E-state index in [1.807, 2.05) is 84.9 Å². The molecule has 1 heterocycles. The molecule has 0 aliphatic carbocycles. The molecule has 0 unspecified atom stereocenters. The van der Waals surface area contributed by atoms with Gasteiger partial charge in [0, 0.05) is 16.5 Å². The fraction of sp³-hybridized carbons (Fsp3) is 0. The number of rotatable bonds is 2. The number of nitrogens with zero attached hydrogens (tertiary/aromatic N) is 2. The lowest BCUT2D eigenvalue weighted by Gasteiger charge is -2.07. The normalized spacial score (nSPS) is 10.8. The van der Waals surface area contributed by atoms with Crippen molar-refractivity contribution in [1.82, 2.24) is 9.78 Å². The fourth-order valence-electron chi connectivity index (χ4n) is 2.76. The molecule has 23 heavy (non-hydrogen) atoms. The number of aromatic nitrogens is 2. The molecule has 0 atom stereocenters. The molecule has 0 aliphatic rings. The van der Waals surface area contributed by atoms with Crippen LogP contribution in [0.3, 0.4) is 0 Å². The van der Waals surface area contributed by atoms with Crippen LogP contribution in [0.2, 0.25) is 0 Å². The van der Waals surface area contributed by atoms with Crippen molar-refractivity contribution in [2.45, 2.75) is 0 Å². The predicted octanol–water partition coefficient (Wildman–Crippen LogP) is 4.39. The Kier molecular flexibility index (Phi) is 3.24. The van der Waals surface area contributed by atoms with E-state index in [2.05, 4.69) is 5.10 Å². The van der Waals surface area contributed by atoms with Crippen LogP contribution >= 0.6 is 0 Å². The Morgan fingerprint density at radius 3 is 2.09 bits per heavy atom. The first-order chi connectivity index (χ1) is 11.3. The van der Waals surface area contributed by atoms with Gasteiger partial charge >= 0.3 is 0 Å². The van der Waals surface area contributed by atoms with Crippen LogP contribution < -0.4 is 0 Å². The van der Waals surface area contributed by atoms with Gasteiger partial charge in [-0.15, -0.1) is 0 Å². The summed E-state index contributed by atoms with van der Waals surface area (Å²) in [5, 5.41) is 5.51.